The summed E-state index contributed by atoms with van der Waals surface area (Å²) in [5.41, 5.74) is 0.928. The highest BCUT2D eigenvalue weighted by atomic mass is 16.2. The van der Waals surface area contributed by atoms with E-state index in [1.165, 1.54) is 45.2 Å². The lowest BCUT2D eigenvalue weighted by molar-refractivity contribution is 0.0568. The Morgan fingerprint density at radius 2 is 1.92 bits per heavy atom. The van der Waals surface area contributed by atoms with Crippen LogP contribution in [-0.2, 0) is 0 Å². The van der Waals surface area contributed by atoms with Crippen molar-refractivity contribution in [1.29, 1.82) is 0 Å². The predicted octanol–water partition coefficient (Wildman–Crippen LogP) is 1.91. The lowest BCUT2D eigenvalue weighted by Crippen LogP contribution is -2.50. The molecule has 0 radical (unpaired) electrons. The van der Waals surface area contributed by atoms with Crippen LogP contribution in [0.1, 0.15) is 54.8 Å². The standard InChI is InChI=1S/C18H26N6O/c1-14-8-9-19-18-20-16(21-24(14)18)17(25)23-12-6-7-15(13-23)22-10-4-2-3-5-11-22/h8-9,15H,2-7,10-13H2,1H3/t15-/m0/s1. The maximum absolute atomic E-state index is 12.9. The highest BCUT2D eigenvalue weighted by Crippen LogP contribution is 2.21. The van der Waals surface area contributed by atoms with E-state index in [1.54, 1.807) is 10.7 Å². The van der Waals surface area contributed by atoms with Gasteiger partial charge in [-0.25, -0.2) is 9.50 Å². The molecule has 0 bridgehead atoms. The van der Waals surface area contributed by atoms with Gasteiger partial charge in [-0.1, -0.05) is 12.8 Å². The maximum atomic E-state index is 12.9. The van der Waals surface area contributed by atoms with Gasteiger partial charge >= 0.3 is 0 Å². The van der Waals surface area contributed by atoms with E-state index >= 15 is 0 Å². The Kier molecular flexibility index (Phi) is 4.65. The van der Waals surface area contributed by atoms with E-state index in [4.69, 9.17) is 0 Å². The van der Waals surface area contributed by atoms with E-state index in [-0.39, 0.29) is 11.7 Å². The van der Waals surface area contributed by atoms with E-state index in [2.05, 4.69) is 20.0 Å². The van der Waals surface area contributed by atoms with Gasteiger partial charge in [0.05, 0.1) is 0 Å². The molecule has 2 aliphatic heterocycles. The first-order valence-electron chi connectivity index (χ1n) is 9.44. The Hall–Kier alpha value is -2.02. The summed E-state index contributed by atoms with van der Waals surface area (Å²) >= 11 is 0. The van der Waals surface area contributed by atoms with Crippen molar-refractivity contribution in [2.75, 3.05) is 26.2 Å². The molecule has 0 N–H and O–H groups in total. The molecule has 7 nitrogen and oxygen atoms in total. The molecule has 4 heterocycles. The van der Waals surface area contributed by atoms with Crippen molar-refractivity contribution in [3.63, 3.8) is 0 Å². The minimum Gasteiger partial charge on any atom is -0.334 e. The van der Waals surface area contributed by atoms with E-state index in [0.717, 1.165) is 25.2 Å². The fraction of sp³-hybridized carbons (Fsp3) is 0.667. The van der Waals surface area contributed by atoms with Gasteiger partial charge in [0.25, 0.3) is 11.7 Å². The monoisotopic (exact) mass is 342 g/mol. The van der Waals surface area contributed by atoms with Gasteiger partial charge in [-0.05, 0) is 51.8 Å². The van der Waals surface area contributed by atoms with Crippen LogP contribution in [0.25, 0.3) is 5.78 Å². The zero-order chi connectivity index (χ0) is 17.2. The number of carbonyl (C=O) groups excluding carboxylic acids is 1. The Balaban J connectivity index is 1.49. The van der Waals surface area contributed by atoms with Crippen molar-refractivity contribution in [2.45, 2.75) is 51.5 Å². The normalized spacial score (nSPS) is 22.9. The molecule has 2 fully saturated rings. The number of nitrogens with zero attached hydrogens (tertiary/aromatic N) is 6. The van der Waals surface area contributed by atoms with Gasteiger partial charge in [-0.15, -0.1) is 5.10 Å². The summed E-state index contributed by atoms with van der Waals surface area (Å²) in [5.74, 6) is 0.687. The van der Waals surface area contributed by atoms with Crippen LogP contribution in [0.2, 0.25) is 0 Å². The molecule has 0 unspecified atom stereocenters. The quantitative estimate of drug-likeness (QED) is 0.834. The summed E-state index contributed by atoms with van der Waals surface area (Å²) in [6.07, 6.45) is 9.17. The van der Waals surface area contributed by atoms with Gasteiger partial charge in [-0.2, -0.15) is 4.98 Å². The lowest BCUT2D eigenvalue weighted by Gasteiger charge is -2.38. The summed E-state index contributed by atoms with van der Waals surface area (Å²) in [6.45, 7) is 5.87. The number of hydrogen-bond donors (Lipinski definition) is 0. The van der Waals surface area contributed by atoms with Crippen LogP contribution in [0, 0.1) is 6.92 Å². The van der Waals surface area contributed by atoms with Crippen LogP contribution in [0.4, 0.5) is 0 Å². The molecule has 25 heavy (non-hydrogen) atoms. The number of carbonyl (C=O) groups is 1. The number of amides is 1. The summed E-state index contributed by atoms with van der Waals surface area (Å²) in [4.78, 5) is 26.0. The number of aromatic nitrogens is 4. The average molecular weight is 342 g/mol. The number of likely N-dealkylation sites (tertiary alicyclic amines) is 2. The van der Waals surface area contributed by atoms with Crippen LogP contribution < -0.4 is 0 Å². The molecule has 7 heteroatoms. The molecule has 0 saturated carbocycles. The third-order valence-electron chi connectivity index (χ3n) is 5.46. The summed E-state index contributed by atoms with van der Waals surface area (Å²) < 4.78 is 1.64. The van der Waals surface area contributed by atoms with Gasteiger partial charge in [0, 0.05) is 31.0 Å². The molecule has 0 aliphatic carbocycles. The number of aryl methyl sites for hydroxylation is 1. The maximum Gasteiger partial charge on any atom is 0.293 e. The average Bonchev–Trinajstić information content (AvgIpc) is 2.90. The third kappa shape index (κ3) is 3.38. The first-order chi connectivity index (χ1) is 12.2. The number of piperidine rings is 1. The van der Waals surface area contributed by atoms with Crippen molar-refractivity contribution in [3.8, 4) is 0 Å². The molecule has 2 aromatic rings. The predicted molar refractivity (Wildman–Crippen MR) is 94.5 cm³/mol. The van der Waals surface area contributed by atoms with Crippen LogP contribution >= 0.6 is 0 Å². The van der Waals surface area contributed by atoms with E-state index in [1.807, 2.05) is 17.9 Å². The number of rotatable bonds is 2. The second-order valence-electron chi connectivity index (χ2n) is 7.23. The van der Waals surface area contributed by atoms with E-state index in [9.17, 15) is 4.79 Å². The molecule has 2 aromatic heterocycles. The SMILES string of the molecule is Cc1ccnc2nc(C(=O)N3CCC[C@H](N4CCCCCC4)C3)nn12. The number of hydrogen-bond acceptors (Lipinski definition) is 5. The minimum atomic E-state index is -0.0654. The fourth-order valence-electron chi connectivity index (χ4n) is 4.04. The van der Waals surface area contributed by atoms with Gasteiger partial charge < -0.3 is 4.90 Å². The van der Waals surface area contributed by atoms with Crippen molar-refractivity contribution < 1.29 is 4.79 Å². The van der Waals surface area contributed by atoms with Crippen LogP contribution in [0.15, 0.2) is 12.3 Å². The Morgan fingerprint density at radius 1 is 1.12 bits per heavy atom. The molecule has 1 atom stereocenters. The van der Waals surface area contributed by atoms with E-state index in [0.29, 0.717) is 11.8 Å². The summed E-state index contributed by atoms with van der Waals surface area (Å²) in [6, 6.07) is 2.35. The molecule has 4 rings (SSSR count). The van der Waals surface area contributed by atoms with Crippen LogP contribution in [-0.4, -0.2) is 67.5 Å². The minimum absolute atomic E-state index is 0.0654. The van der Waals surface area contributed by atoms with Crippen molar-refractivity contribution in [3.05, 3.63) is 23.8 Å². The smallest absolute Gasteiger partial charge is 0.293 e. The number of fused-ring (bicyclic) bond motifs is 1. The third-order valence-corrected chi connectivity index (χ3v) is 5.46. The second kappa shape index (κ2) is 7.07. The van der Waals surface area contributed by atoms with Gasteiger partial charge in [0.1, 0.15) is 0 Å². The highest BCUT2D eigenvalue weighted by Gasteiger charge is 2.30. The Labute approximate surface area is 148 Å². The molecule has 0 spiro atoms. The zero-order valence-corrected chi connectivity index (χ0v) is 14.9. The van der Waals surface area contributed by atoms with Crippen molar-refractivity contribution in [2.24, 2.45) is 0 Å². The summed E-state index contributed by atoms with van der Waals surface area (Å²) in [5, 5.41) is 4.38. The van der Waals surface area contributed by atoms with Crippen LogP contribution in [0.5, 0.6) is 0 Å². The lowest BCUT2D eigenvalue weighted by atomic mass is 10.0. The first kappa shape index (κ1) is 16.4. The van der Waals surface area contributed by atoms with Gasteiger partial charge in [-0.3, -0.25) is 9.69 Å². The highest BCUT2D eigenvalue weighted by molar-refractivity contribution is 5.91. The molecule has 0 aromatic carbocycles. The van der Waals surface area contributed by atoms with Gasteiger partial charge in [0.15, 0.2) is 0 Å². The van der Waals surface area contributed by atoms with E-state index < -0.39 is 0 Å². The van der Waals surface area contributed by atoms with Gasteiger partial charge in [0.2, 0.25) is 5.82 Å². The Bertz CT molecular complexity index is 749. The molecular weight excluding hydrogens is 316 g/mol. The van der Waals surface area contributed by atoms with Crippen molar-refractivity contribution in [1.82, 2.24) is 29.4 Å². The zero-order valence-electron chi connectivity index (χ0n) is 14.9. The molecular formula is C18H26N6O. The largest absolute Gasteiger partial charge is 0.334 e. The topological polar surface area (TPSA) is 66.6 Å². The second-order valence-corrected chi connectivity index (χ2v) is 7.23. The van der Waals surface area contributed by atoms with Crippen molar-refractivity contribution >= 4 is 11.7 Å². The molecule has 2 saturated heterocycles. The molecule has 2 aliphatic rings. The fourth-order valence-corrected chi connectivity index (χ4v) is 4.04. The Morgan fingerprint density at radius 3 is 2.68 bits per heavy atom. The summed E-state index contributed by atoms with van der Waals surface area (Å²) in [7, 11) is 0. The first-order valence-corrected chi connectivity index (χ1v) is 9.44. The molecule has 1 amide bonds. The molecule has 134 valence electrons. The van der Waals surface area contributed by atoms with Crippen LogP contribution in [0.3, 0.4) is 0 Å².